The highest BCUT2D eigenvalue weighted by Gasteiger charge is 2.62. The molecule has 20 heavy (non-hydrogen) atoms. The first-order valence-electron chi connectivity index (χ1n) is 7.18. The topological polar surface area (TPSA) is 39.2 Å². The fraction of sp³-hybridized carbons (Fsp3) is 0.625. The molecule has 3 rings (SSSR count). The van der Waals surface area contributed by atoms with Crippen molar-refractivity contribution in [1.29, 1.82) is 0 Å². The quantitative estimate of drug-likeness (QED) is 0.608. The van der Waals surface area contributed by atoms with Gasteiger partial charge < -0.3 is 4.74 Å². The first kappa shape index (κ1) is 13.9. The zero-order chi connectivity index (χ0) is 14.5. The van der Waals surface area contributed by atoms with Crippen LogP contribution in [0.4, 0.5) is 0 Å². The van der Waals surface area contributed by atoms with Gasteiger partial charge in [-0.25, -0.2) is 9.78 Å². The van der Waals surface area contributed by atoms with Crippen LogP contribution >= 0.6 is 11.6 Å². The van der Waals surface area contributed by atoms with Gasteiger partial charge in [-0.05, 0) is 42.7 Å². The highest BCUT2D eigenvalue weighted by molar-refractivity contribution is 6.32. The lowest BCUT2D eigenvalue weighted by Crippen LogP contribution is -2.38. The molecule has 2 aliphatic carbocycles. The molecule has 2 saturated carbocycles. The van der Waals surface area contributed by atoms with E-state index in [1.165, 1.54) is 6.42 Å². The van der Waals surface area contributed by atoms with Crippen LogP contribution < -0.4 is 0 Å². The van der Waals surface area contributed by atoms with Gasteiger partial charge >= 0.3 is 5.97 Å². The van der Waals surface area contributed by atoms with E-state index in [0.717, 1.165) is 12.8 Å². The standard InChI is InChI=1S/C16H20ClNO2/c1-15(2)10-6-7-16(15,3)12(9-10)20-14(19)11-5-4-8-18-13(11)17/h4-5,8,10,12H,6-7,9H2,1-3H3/t10-,12+,16+/m0/s1. The molecule has 4 heteroatoms. The highest BCUT2D eigenvalue weighted by Crippen LogP contribution is 2.66. The maximum atomic E-state index is 12.3. The number of carbonyl (C=O) groups excluding carboxylic acids is 1. The average Bonchev–Trinajstić information content (AvgIpc) is 2.72. The monoisotopic (exact) mass is 293 g/mol. The molecular formula is C16H20ClNO2. The smallest absolute Gasteiger partial charge is 0.341 e. The Labute approximate surface area is 124 Å². The number of aromatic nitrogens is 1. The van der Waals surface area contributed by atoms with E-state index >= 15 is 0 Å². The number of rotatable bonds is 2. The van der Waals surface area contributed by atoms with Crippen LogP contribution in [0.2, 0.25) is 5.15 Å². The van der Waals surface area contributed by atoms with Gasteiger partial charge in [-0.15, -0.1) is 0 Å². The summed E-state index contributed by atoms with van der Waals surface area (Å²) in [5.41, 5.74) is 0.664. The molecule has 2 aliphatic rings. The summed E-state index contributed by atoms with van der Waals surface area (Å²) in [6.45, 7) is 6.86. The molecular weight excluding hydrogens is 274 g/mol. The Morgan fingerprint density at radius 3 is 2.75 bits per heavy atom. The molecule has 3 nitrogen and oxygen atoms in total. The maximum absolute atomic E-state index is 12.3. The normalized spacial score (nSPS) is 34.2. The summed E-state index contributed by atoms with van der Waals surface area (Å²) in [7, 11) is 0. The van der Waals surface area contributed by atoms with Gasteiger partial charge in [0.2, 0.25) is 0 Å². The number of hydrogen-bond donors (Lipinski definition) is 0. The first-order chi connectivity index (χ1) is 9.36. The molecule has 1 aromatic heterocycles. The third kappa shape index (κ3) is 1.79. The van der Waals surface area contributed by atoms with Crippen molar-refractivity contribution < 1.29 is 9.53 Å². The second-order valence-corrected chi connectivity index (χ2v) is 7.20. The van der Waals surface area contributed by atoms with Gasteiger partial charge in [0.25, 0.3) is 0 Å². The molecule has 0 aliphatic heterocycles. The van der Waals surface area contributed by atoms with Crippen molar-refractivity contribution in [3.8, 4) is 0 Å². The minimum atomic E-state index is -0.349. The van der Waals surface area contributed by atoms with Gasteiger partial charge in [0.15, 0.2) is 0 Å². The van der Waals surface area contributed by atoms with Crippen LogP contribution in [0.15, 0.2) is 18.3 Å². The molecule has 2 bridgehead atoms. The van der Waals surface area contributed by atoms with Crippen molar-refractivity contribution in [1.82, 2.24) is 4.98 Å². The summed E-state index contributed by atoms with van der Waals surface area (Å²) in [5.74, 6) is 0.298. The van der Waals surface area contributed by atoms with Gasteiger partial charge in [-0.1, -0.05) is 32.4 Å². The molecule has 3 atom stereocenters. The van der Waals surface area contributed by atoms with Gasteiger partial charge in [0.05, 0.1) is 5.56 Å². The fourth-order valence-corrected chi connectivity index (χ4v) is 4.24. The first-order valence-corrected chi connectivity index (χ1v) is 7.55. The number of ether oxygens (including phenoxy) is 1. The van der Waals surface area contributed by atoms with Crippen molar-refractivity contribution in [3.05, 3.63) is 29.0 Å². The van der Waals surface area contributed by atoms with E-state index in [0.29, 0.717) is 11.5 Å². The Morgan fingerprint density at radius 2 is 2.20 bits per heavy atom. The van der Waals surface area contributed by atoms with Crippen LogP contribution in [0.1, 0.15) is 50.4 Å². The average molecular weight is 294 g/mol. The number of nitrogens with zero attached hydrogens (tertiary/aromatic N) is 1. The summed E-state index contributed by atoms with van der Waals surface area (Å²) in [5, 5.41) is 0.213. The van der Waals surface area contributed by atoms with Crippen LogP contribution in [-0.2, 0) is 4.74 Å². The van der Waals surface area contributed by atoms with Crippen molar-refractivity contribution in [2.24, 2.45) is 16.7 Å². The second kappa shape index (κ2) is 4.45. The largest absolute Gasteiger partial charge is 0.458 e. The lowest BCUT2D eigenvalue weighted by atomic mass is 9.70. The Bertz CT molecular complexity index is 557. The van der Waals surface area contributed by atoms with E-state index in [9.17, 15) is 4.79 Å². The molecule has 0 spiro atoms. The molecule has 0 radical (unpaired) electrons. The van der Waals surface area contributed by atoms with Crippen LogP contribution in [0.25, 0.3) is 0 Å². The Balaban J connectivity index is 1.81. The Kier molecular flexibility index (Phi) is 3.09. The molecule has 1 heterocycles. The molecule has 1 aromatic rings. The van der Waals surface area contributed by atoms with Gasteiger partial charge in [0, 0.05) is 11.6 Å². The molecule has 0 unspecified atom stereocenters. The molecule has 0 aromatic carbocycles. The third-order valence-electron chi connectivity index (χ3n) is 5.94. The number of carbonyl (C=O) groups is 1. The number of esters is 1. The third-order valence-corrected chi connectivity index (χ3v) is 6.24. The van der Waals surface area contributed by atoms with E-state index in [1.807, 2.05) is 0 Å². The van der Waals surface area contributed by atoms with Gasteiger partial charge in [-0.3, -0.25) is 0 Å². The summed E-state index contributed by atoms with van der Waals surface area (Å²) in [4.78, 5) is 16.2. The van der Waals surface area contributed by atoms with Crippen molar-refractivity contribution in [3.63, 3.8) is 0 Å². The fourth-order valence-electron chi connectivity index (χ4n) is 4.04. The Hall–Kier alpha value is -1.09. The summed E-state index contributed by atoms with van der Waals surface area (Å²) in [6, 6.07) is 3.37. The highest BCUT2D eigenvalue weighted by atomic mass is 35.5. The van der Waals surface area contributed by atoms with Crippen molar-refractivity contribution in [2.45, 2.75) is 46.1 Å². The molecule has 0 saturated heterocycles. The minimum absolute atomic E-state index is 0.0139. The number of hydrogen-bond acceptors (Lipinski definition) is 3. The van der Waals surface area contributed by atoms with Crippen molar-refractivity contribution in [2.75, 3.05) is 0 Å². The molecule has 2 fully saturated rings. The van der Waals surface area contributed by atoms with Crippen LogP contribution in [0, 0.1) is 16.7 Å². The molecule has 0 amide bonds. The SMILES string of the molecule is CC1(C)[C@H]2CC[C@]1(C)[C@H](OC(=O)c1cccnc1Cl)C2. The van der Waals surface area contributed by atoms with Crippen LogP contribution in [0.5, 0.6) is 0 Å². The molecule has 108 valence electrons. The lowest BCUT2D eigenvalue weighted by molar-refractivity contribution is -0.0242. The molecule has 0 N–H and O–H groups in total. The van der Waals surface area contributed by atoms with E-state index in [-0.39, 0.29) is 28.1 Å². The van der Waals surface area contributed by atoms with E-state index in [4.69, 9.17) is 16.3 Å². The number of pyridine rings is 1. The predicted octanol–water partition coefficient (Wildman–Crippen LogP) is 4.11. The van der Waals surface area contributed by atoms with Crippen LogP contribution in [-0.4, -0.2) is 17.1 Å². The lowest BCUT2D eigenvalue weighted by Gasteiger charge is -2.38. The second-order valence-electron chi connectivity index (χ2n) is 6.85. The maximum Gasteiger partial charge on any atom is 0.341 e. The van der Waals surface area contributed by atoms with E-state index in [1.54, 1.807) is 18.3 Å². The Morgan fingerprint density at radius 1 is 1.45 bits per heavy atom. The van der Waals surface area contributed by atoms with Gasteiger partial charge in [-0.2, -0.15) is 0 Å². The van der Waals surface area contributed by atoms with Crippen LogP contribution in [0.3, 0.4) is 0 Å². The minimum Gasteiger partial charge on any atom is -0.458 e. The number of halogens is 1. The zero-order valence-electron chi connectivity index (χ0n) is 12.1. The van der Waals surface area contributed by atoms with Gasteiger partial charge in [0.1, 0.15) is 11.3 Å². The van der Waals surface area contributed by atoms with E-state index < -0.39 is 0 Å². The zero-order valence-corrected chi connectivity index (χ0v) is 12.9. The van der Waals surface area contributed by atoms with Crippen molar-refractivity contribution >= 4 is 17.6 Å². The number of fused-ring (bicyclic) bond motifs is 2. The van der Waals surface area contributed by atoms with E-state index in [2.05, 4.69) is 25.8 Å². The predicted molar refractivity (Wildman–Crippen MR) is 77.7 cm³/mol. The summed E-state index contributed by atoms with van der Waals surface area (Å²) >= 11 is 5.96. The summed E-state index contributed by atoms with van der Waals surface area (Å²) in [6.07, 6.45) is 4.89. The summed E-state index contributed by atoms with van der Waals surface area (Å²) < 4.78 is 5.79.